The number of carbonyl (C=O) groups is 1. The van der Waals surface area contributed by atoms with Crippen molar-refractivity contribution in [2.24, 2.45) is 0 Å². The molecule has 1 aromatic rings. The average Bonchev–Trinajstić information content (AvgIpc) is 3.35. The van der Waals surface area contributed by atoms with Crippen LogP contribution >= 0.6 is 0 Å². The van der Waals surface area contributed by atoms with E-state index in [-0.39, 0.29) is 22.7 Å². The Labute approximate surface area is 188 Å². The van der Waals surface area contributed by atoms with Gasteiger partial charge < -0.3 is 15.1 Å². The number of non-ortho nitro benzene ring substituents is 1. The molecule has 1 N–H and O–H groups in total. The van der Waals surface area contributed by atoms with Crippen molar-refractivity contribution in [3.63, 3.8) is 0 Å². The second-order valence-electron chi connectivity index (χ2n) is 8.78. The van der Waals surface area contributed by atoms with Crippen molar-refractivity contribution >= 4 is 27.4 Å². The van der Waals surface area contributed by atoms with E-state index in [1.54, 1.807) is 4.90 Å². The highest BCUT2D eigenvalue weighted by Crippen LogP contribution is 2.33. The number of benzene rings is 1. The summed E-state index contributed by atoms with van der Waals surface area (Å²) in [4.78, 5) is 27.0. The number of nitrogens with zero attached hydrogens (tertiary/aromatic N) is 4. The molecule has 3 aliphatic rings. The molecular formula is C21H31N5O5S. The molecule has 1 aromatic carbocycles. The maximum absolute atomic E-state index is 13.3. The monoisotopic (exact) mass is 465 g/mol. The van der Waals surface area contributed by atoms with Gasteiger partial charge in [-0.25, -0.2) is 13.2 Å². The van der Waals surface area contributed by atoms with Crippen LogP contribution in [0, 0.1) is 10.1 Å². The molecule has 2 amide bonds. The number of nitro groups is 1. The van der Waals surface area contributed by atoms with Crippen LogP contribution in [0.3, 0.4) is 0 Å². The molecular weight excluding hydrogens is 434 g/mol. The van der Waals surface area contributed by atoms with Crippen molar-refractivity contribution in [1.29, 1.82) is 0 Å². The molecule has 0 aromatic heterocycles. The fourth-order valence-electron chi connectivity index (χ4n) is 4.82. The zero-order valence-electron chi connectivity index (χ0n) is 18.2. The quantitative estimate of drug-likeness (QED) is 0.528. The molecule has 3 fully saturated rings. The van der Waals surface area contributed by atoms with Crippen molar-refractivity contribution in [3.05, 3.63) is 28.3 Å². The smallest absolute Gasteiger partial charge is 0.317 e. The standard InChI is InChI=1S/C21H31N5O5S/c27-21(22-17-6-2-1-3-7-17)24-14-12-23(13-15-24)19-9-8-18(26(28)29)16-20(19)32(30,31)25-10-4-5-11-25/h8-9,16-17H,1-7,10-15H2,(H,22,27). The molecule has 2 heterocycles. The van der Waals surface area contributed by atoms with Gasteiger partial charge >= 0.3 is 6.03 Å². The first-order valence-electron chi connectivity index (χ1n) is 11.5. The third-order valence-electron chi connectivity index (χ3n) is 6.68. The molecule has 32 heavy (non-hydrogen) atoms. The van der Waals surface area contributed by atoms with Crippen molar-refractivity contribution in [2.75, 3.05) is 44.2 Å². The van der Waals surface area contributed by atoms with Crippen LogP contribution in [-0.4, -0.2) is 73.9 Å². The van der Waals surface area contributed by atoms with Gasteiger partial charge in [0, 0.05) is 57.4 Å². The number of carbonyl (C=O) groups excluding carboxylic acids is 1. The lowest BCUT2D eigenvalue weighted by Gasteiger charge is -2.38. The number of nitrogens with one attached hydrogen (secondary N) is 1. The van der Waals surface area contributed by atoms with Crippen LogP contribution in [-0.2, 0) is 10.0 Å². The number of hydrogen-bond acceptors (Lipinski definition) is 6. The van der Waals surface area contributed by atoms with Gasteiger partial charge in [0.1, 0.15) is 4.90 Å². The SMILES string of the molecule is O=C(NC1CCCCC1)N1CCN(c2ccc([N+](=O)[O-])cc2S(=O)(=O)N2CCCC2)CC1. The number of sulfonamides is 1. The number of hydrogen-bond donors (Lipinski definition) is 1. The third kappa shape index (κ3) is 4.83. The molecule has 0 atom stereocenters. The summed E-state index contributed by atoms with van der Waals surface area (Å²) >= 11 is 0. The highest BCUT2D eigenvalue weighted by Gasteiger charge is 2.33. The Morgan fingerprint density at radius 1 is 0.969 bits per heavy atom. The summed E-state index contributed by atoms with van der Waals surface area (Å²) in [6.07, 6.45) is 7.14. The summed E-state index contributed by atoms with van der Waals surface area (Å²) in [7, 11) is -3.83. The minimum Gasteiger partial charge on any atom is -0.367 e. The number of rotatable bonds is 5. The van der Waals surface area contributed by atoms with Gasteiger partial charge in [-0.15, -0.1) is 0 Å². The summed E-state index contributed by atoms with van der Waals surface area (Å²) in [6.45, 7) is 2.74. The molecule has 0 radical (unpaired) electrons. The van der Waals surface area contributed by atoms with E-state index in [0.29, 0.717) is 45.0 Å². The highest BCUT2D eigenvalue weighted by molar-refractivity contribution is 7.89. The Hall–Kier alpha value is -2.40. The molecule has 1 saturated carbocycles. The summed E-state index contributed by atoms with van der Waals surface area (Å²) in [6, 6.07) is 4.22. The molecule has 1 aliphatic carbocycles. The molecule has 176 valence electrons. The van der Waals surface area contributed by atoms with Gasteiger partial charge in [0.25, 0.3) is 5.69 Å². The van der Waals surface area contributed by atoms with Crippen molar-refractivity contribution in [2.45, 2.75) is 55.9 Å². The third-order valence-corrected chi connectivity index (χ3v) is 8.61. The molecule has 2 aliphatic heterocycles. The van der Waals surface area contributed by atoms with E-state index in [2.05, 4.69) is 5.32 Å². The minimum atomic E-state index is -3.83. The van der Waals surface area contributed by atoms with Gasteiger partial charge in [0.15, 0.2) is 0 Å². The Morgan fingerprint density at radius 3 is 2.25 bits per heavy atom. The molecule has 11 heteroatoms. The van der Waals surface area contributed by atoms with Gasteiger partial charge in [0.05, 0.1) is 10.6 Å². The topological polar surface area (TPSA) is 116 Å². The number of piperazine rings is 1. The first-order valence-corrected chi connectivity index (χ1v) is 12.9. The number of anilines is 1. The van der Waals surface area contributed by atoms with E-state index < -0.39 is 14.9 Å². The summed E-state index contributed by atoms with van der Waals surface area (Å²) in [5.41, 5.74) is 0.229. The molecule has 0 bridgehead atoms. The zero-order chi connectivity index (χ0) is 22.7. The Morgan fingerprint density at radius 2 is 1.62 bits per heavy atom. The lowest BCUT2D eigenvalue weighted by atomic mass is 9.96. The van der Waals surface area contributed by atoms with Crippen molar-refractivity contribution < 1.29 is 18.1 Å². The fraction of sp³-hybridized carbons (Fsp3) is 0.667. The maximum Gasteiger partial charge on any atom is 0.317 e. The fourth-order valence-corrected chi connectivity index (χ4v) is 6.56. The Balaban J connectivity index is 1.49. The van der Waals surface area contributed by atoms with Crippen LogP contribution in [0.1, 0.15) is 44.9 Å². The maximum atomic E-state index is 13.3. The van der Waals surface area contributed by atoms with Gasteiger partial charge in [-0.05, 0) is 31.7 Å². The highest BCUT2D eigenvalue weighted by atomic mass is 32.2. The predicted octanol–water partition coefficient (Wildman–Crippen LogP) is 2.54. The molecule has 0 spiro atoms. The normalized spacial score (nSPS) is 21.0. The van der Waals surface area contributed by atoms with Crippen LogP contribution in [0.15, 0.2) is 23.1 Å². The Bertz CT molecular complexity index is 949. The predicted molar refractivity (Wildman–Crippen MR) is 120 cm³/mol. The lowest BCUT2D eigenvalue weighted by molar-refractivity contribution is -0.385. The van der Waals surface area contributed by atoms with Crippen molar-refractivity contribution in [1.82, 2.24) is 14.5 Å². The number of urea groups is 1. The van der Waals surface area contributed by atoms with Crippen LogP contribution in [0.2, 0.25) is 0 Å². The first-order chi connectivity index (χ1) is 15.4. The summed E-state index contributed by atoms with van der Waals surface area (Å²) < 4.78 is 27.9. The first kappa shape index (κ1) is 22.8. The Kier molecular flexibility index (Phi) is 6.85. The van der Waals surface area contributed by atoms with Crippen LogP contribution in [0.5, 0.6) is 0 Å². The van der Waals surface area contributed by atoms with E-state index in [1.807, 2.05) is 4.90 Å². The second-order valence-corrected chi connectivity index (χ2v) is 10.7. The lowest BCUT2D eigenvalue weighted by Crippen LogP contribution is -2.54. The van der Waals surface area contributed by atoms with Crippen molar-refractivity contribution in [3.8, 4) is 0 Å². The molecule has 10 nitrogen and oxygen atoms in total. The molecule has 4 rings (SSSR count). The summed E-state index contributed by atoms with van der Waals surface area (Å²) in [5, 5.41) is 14.4. The van der Waals surface area contributed by atoms with E-state index in [4.69, 9.17) is 0 Å². The molecule has 0 unspecified atom stereocenters. The largest absolute Gasteiger partial charge is 0.367 e. The zero-order valence-corrected chi connectivity index (χ0v) is 19.1. The van der Waals surface area contributed by atoms with E-state index in [0.717, 1.165) is 38.5 Å². The van der Waals surface area contributed by atoms with E-state index in [9.17, 15) is 23.3 Å². The molecule has 2 saturated heterocycles. The van der Waals surface area contributed by atoms with E-state index in [1.165, 1.54) is 28.9 Å². The van der Waals surface area contributed by atoms with E-state index >= 15 is 0 Å². The van der Waals surface area contributed by atoms with Crippen LogP contribution in [0.4, 0.5) is 16.2 Å². The van der Waals surface area contributed by atoms with Gasteiger partial charge in [-0.3, -0.25) is 10.1 Å². The second kappa shape index (κ2) is 9.62. The summed E-state index contributed by atoms with van der Waals surface area (Å²) in [5.74, 6) is 0. The van der Waals surface area contributed by atoms with Crippen LogP contribution < -0.4 is 10.2 Å². The number of nitro benzene ring substituents is 1. The van der Waals surface area contributed by atoms with Gasteiger partial charge in [-0.2, -0.15) is 4.31 Å². The van der Waals surface area contributed by atoms with Crippen LogP contribution in [0.25, 0.3) is 0 Å². The average molecular weight is 466 g/mol. The number of amides is 2. The van der Waals surface area contributed by atoms with Gasteiger partial charge in [-0.1, -0.05) is 19.3 Å². The minimum absolute atomic E-state index is 0.0197. The van der Waals surface area contributed by atoms with Gasteiger partial charge in [0.2, 0.25) is 10.0 Å².